The molecule has 1 aromatic heterocycles. The summed E-state index contributed by atoms with van der Waals surface area (Å²) >= 11 is 0. The van der Waals surface area contributed by atoms with E-state index in [0.717, 1.165) is 6.42 Å². The minimum atomic E-state index is 0.158. The van der Waals surface area contributed by atoms with Crippen LogP contribution in [-0.2, 0) is 0 Å². The Balaban J connectivity index is 2.45. The predicted octanol–water partition coefficient (Wildman–Crippen LogP) is 3.71. The van der Waals surface area contributed by atoms with Gasteiger partial charge in [-0.05, 0) is 25.5 Å². The summed E-state index contributed by atoms with van der Waals surface area (Å²) in [6.45, 7) is 4.10. The number of rotatable bonds is 4. The quantitative estimate of drug-likeness (QED) is 0.905. The number of nitrogens with zero attached hydrogens (tertiary/aromatic N) is 2. The smallest absolute Gasteiger partial charge is 0.224 e. The summed E-state index contributed by atoms with van der Waals surface area (Å²) in [5.41, 5.74) is 6.97. The highest BCUT2D eigenvalue weighted by atomic mass is 16.5. The van der Waals surface area contributed by atoms with Crippen LogP contribution in [-0.4, -0.2) is 4.57 Å². The van der Waals surface area contributed by atoms with Gasteiger partial charge in [-0.25, -0.2) is 0 Å². The maximum absolute atomic E-state index is 9.18. The minimum absolute atomic E-state index is 0.158. The maximum atomic E-state index is 9.18. The van der Waals surface area contributed by atoms with E-state index in [-0.39, 0.29) is 6.04 Å². The highest BCUT2D eigenvalue weighted by molar-refractivity contribution is 5.56. The van der Waals surface area contributed by atoms with Crippen molar-refractivity contribution in [3.05, 3.63) is 42.1 Å². The summed E-state index contributed by atoms with van der Waals surface area (Å²) in [6, 6.07) is 13.4. The molecule has 0 unspecified atom stereocenters. The summed E-state index contributed by atoms with van der Waals surface area (Å²) in [7, 11) is 0. The van der Waals surface area contributed by atoms with Crippen molar-refractivity contribution in [2.45, 2.75) is 26.3 Å². The van der Waals surface area contributed by atoms with E-state index >= 15 is 0 Å². The van der Waals surface area contributed by atoms with E-state index < -0.39 is 0 Å². The van der Waals surface area contributed by atoms with Gasteiger partial charge in [0.1, 0.15) is 17.5 Å². The zero-order valence-electron chi connectivity index (χ0n) is 11.1. The second-order valence-corrected chi connectivity index (χ2v) is 4.44. The molecule has 0 aliphatic heterocycles. The lowest BCUT2D eigenvalue weighted by Crippen LogP contribution is -2.08. The molecule has 2 rings (SSSR count). The second-order valence-electron chi connectivity index (χ2n) is 4.44. The summed E-state index contributed by atoms with van der Waals surface area (Å²) in [5, 5.41) is 9.18. The fraction of sp³-hybridized carbons (Fsp3) is 0.267. The van der Waals surface area contributed by atoms with Crippen LogP contribution in [0.1, 0.15) is 32.0 Å². The molecule has 0 radical (unpaired) electrons. The lowest BCUT2D eigenvalue weighted by Gasteiger charge is -2.17. The van der Waals surface area contributed by atoms with E-state index in [1.807, 2.05) is 41.8 Å². The van der Waals surface area contributed by atoms with Crippen LogP contribution in [0.25, 0.3) is 0 Å². The molecular weight excluding hydrogens is 238 g/mol. The van der Waals surface area contributed by atoms with Crippen LogP contribution in [0, 0.1) is 11.3 Å². The maximum Gasteiger partial charge on any atom is 0.224 e. The molecule has 1 aromatic carbocycles. The number of nitrogen functional groups attached to an aromatic ring is 1. The Labute approximate surface area is 113 Å². The Kier molecular flexibility index (Phi) is 3.76. The molecular formula is C15H17N3O. The molecule has 1 atom stereocenters. The third-order valence-electron chi connectivity index (χ3n) is 3.12. The first-order valence-electron chi connectivity index (χ1n) is 6.31. The molecule has 19 heavy (non-hydrogen) atoms. The molecule has 0 aliphatic carbocycles. The predicted molar refractivity (Wildman–Crippen MR) is 75.1 cm³/mol. The Hall–Kier alpha value is -2.41. The van der Waals surface area contributed by atoms with Crippen LogP contribution in [0.15, 0.2) is 36.4 Å². The van der Waals surface area contributed by atoms with Crippen LogP contribution in [0.2, 0.25) is 0 Å². The summed E-state index contributed by atoms with van der Waals surface area (Å²) in [5.74, 6) is 1.25. The number of hydrogen-bond donors (Lipinski definition) is 1. The van der Waals surface area contributed by atoms with E-state index in [9.17, 15) is 5.26 Å². The number of nitrogens with two attached hydrogens (primary N) is 1. The van der Waals surface area contributed by atoms with Gasteiger partial charge in [0.15, 0.2) is 0 Å². The lowest BCUT2D eigenvalue weighted by atomic mass is 10.2. The lowest BCUT2D eigenvalue weighted by molar-refractivity contribution is 0.398. The fourth-order valence-electron chi connectivity index (χ4n) is 1.94. The Bertz CT molecular complexity index is 596. The Morgan fingerprint density at radius 1 is 1.37 bits per heavy atom. The fourth-order valence-corrected chi connectivity index (χ4v) is 1.94. The van der Waals surface area contributed by atoms with Crippen LogP contribution >= 0.6 is 0 Å². The van der Waals surface area contributed by atoms with Crippen molar-refractivity contribution in [3.8, 4) is 17.7 Å². The standard InChI is InChI=1S/C15H17N3O/c1-3-11(2)18-12(10-16)9-14(17)15(18)19-13-7-5-4-6-8-13/h4-9,11H,3,17H2,1-2H3/t11-/m1/s1. The van der Waals surface area contributed by atoms with E-state index in [1.54, 1.807) is 6.07 Å². The first-order valence-corrected chi connectivity index (χ1v) is 6.31. The Morgan fingerprint density at radius 3 is 2.63 bits per heavy atom. The van der Waals surface area contributed by atoms with Gasteiger partial charge in [-0.15, -0.1) is 0 Å². The topological polar surface area (TPSA) is 64.0 Å². The van der Waals surface area contributed by atoms with Gasteiger partial charge in [0, 0.05) is 12.1 Å². The number of nitriles is 1. The van der Waals surface area contributed by atoms with Crippen molar-refractivity contribution in [2.75, 3.05) is 5.73 Å². The monoisotopic (exact) mass is 255 g/mol. The number of benzene rings is 1. The number of aromatic nitrogens is 1. The number of ether oxygens (including phenoxy) is 1. The molecule has 0 amide bonds. The molecule has 0 saturated heterocycles. The van der Waals surface area contributed by atoms with Crippen LogP contribution < -0.4 is 10.5 Å². The molecule has 98 valence electrons. The van der Waals surface area contributed by atoms with E-state index in [1.165, 1.54) is 0 Å². The van der Waals surface area contributed by atoms with E-state index in [4.69, 9.17) is 10.5 Å². The van der Waals surface area contributed by atoms with Crippen molar-refractivity contribution in [2.24, 2.45) is 0 Å². The summed E-state index contributed by atoms with van der Waals surface area (Å²) in [4.78, 5) is 0. The summed E-state index contributed by atoms with van der Waals surface area (Å²) in [6.07, 6.45) is 0.897. The SMILES string of the molecule is CC[C@@H](C)n1c(C#N)cc(N)c1Oc1ccccc1. The highest BCUT2D eigenvalue weighted by Crippen LogP contribution is 2.34. The first-order chi connectivity index (χ1) is 9.17. The molecule has 0 saturated carbocycles. The number of anilines is 1. The average Bonchev–Trinajstić information content (AvgIpc) is 2.76. The Morgan fingerprint density at radius 2 is 2.05 bits per heavy atom. The van der Waals surface area contributed by atoms with Gasteiger partial charge in [0.25, 0.3) is 0 Å². The normalized spacial score (nSPS) is 11.8. The van der Waals surface area contributed by atoms with Crippen molar-refractivity contribution in [1.82, 2.24) is 4.57 Å². The van der Waals surface area contributed by atoms with Gasteiger partial charge in [0.2, 0.25) is 5.88 Å². The molecule has 1 heterocycles. The number of hydrogen-bond acceptors (Lipinski definition) is 3. The van der Waals surface area contributed by atoms with Gasteiger partial charge >= 0.3 is 0 Å². The largest absolute Gasteiger partial charge is 0.439 e. The summed E-state index contributed by atoms with van der Waals surface area (Å²) < 4.78 is 7.68. The molecule has 4 heteroatoms. The van der Waals surface area contributed by atoms with Gasteiger partial charge < -0.3 is 10.5 Å². The first kappa shape index (κ1) is 13.0. The van der Waals surface area contributed by atoms with Gasteiger partial charge in [0.05, 0.1) is 5.69 Å². The van der Waals surface area contributed by atoms with Crippen LogP contribution in [0.5, 0.6) is 11.6 Å². The molecule has 4 nitrogen and oxygen atoms in total. The molecule has 2 N–H and O–H groups in total. The molecule has 0 spiro atoms. The van der Waals surface area contributed by atoms with Crippen molar-refractivity contribution >= 4 is 5.69 Å². The van der Waals surface area contributed by atoms with Crippen molar-refractivity contribution in [1.29, 1.82) is 5.26 Å². The van der Waals surface area contributed by atoms with Gasteiger partial charge in [-0.1, -0.05) is 25.1 Å². The molecule has 0 fully saturated rings. The second kappa shape index (κ2) is 5.49. The zero-order chi connectivity index (χ0) is 13.8. The van der Waals surface area contributed by atoms with Gasteiger partial charge in [-0.2, -0.15) is 5.26 Å². The van der Waals surface area contributed by atoms with E-state index in [0.29, 0.717) is 23.0 Å². The number of para-hydroxylation sites is 1. The molecule has 2 aromatic rings. The van der Waals surface area contributed by atoms with Crippen LogP contribution in [0.3, 0.4) is 0 Å². The zero-order valence-corrected chi connectivity index (χ0v) is 11.1. The average molecular weight is 255 g/mol. The van der Waals surface area contributed by atoms with Crippen molar-refractivity contribution < 1.29 is 4.74 Å². The minimum Gasteiger partial charge on any atom is -0.439 e. The highest BCUT2D eigenvalue weighted by Gasteiger charge is 2.18. The molecule has 0 bridgehead atoms. The van der Waals surface area contributed by atoms with Gasteiger partial charge in [-0.3, -0.25) is 4.57 Å². The molecule has 0 aliphatic rings. The third-order valence-corrected chi connectivity index (χ3v) is 3.12. The third kappa shape index (κ3) is 2.55. The van der Waals surface area contributed by atoms with Crippen molar-refractivity contribution in [3.63, 3.8) is 0 Å². The van der Waals surface area contributed by atoms with Crippen LogP contribution in [0.4, 0.5) is 5.69 Å². The van der Waals surface area contributed by atoms with E-state index in [2.05, 4.69) is 13.0 Å².